The Morgan fingerprint density at radius 1 is 1.33 bits per heavy atom. The third kappa shape index (κ3) is 2.74. The zero-order valence-corrected chi connectivity index (χ0v) is 11.9. The van der Waals surface area contributed by atoms with E-state index in [0.717, 1.165) is 36.3 Å². The molecule has 0 saturated carbocycles. The molecule has 1 aliphatic rings. The van der Waals surface area contributed by atoms with E-state index in [2.05, 4.69) is 41.0 Å². The number of hydrogen-bond acceptors (Lipinski definition) is 4. The molecule has 0 aromatic carbocycles. The lowest BCUT2D eigenvalue weighted by atomic mass is 9.87. The van der Waals surface area contributed by atoms with Crippen LogP contribution in [0, 0.1) is 18.8 Å². The van der Waals surface area contributed by atoms with Gasteiger partial charge in [-0.05, 0) is 31.6 Å². The molecule has 1 fully saturated rings. The normalized spacial score (nSPS) is 17.3. The molecule has 1 aromatic heterocycles. The van der Waals surface area contributed by atoms with Crippen molar-refractivity contribution in [3.8, 4) is 0 Å². The van der Waals surface area contributed by atoms with Gasteiger partial charge in [-0.25, -0.2) is 4.98 Å². The summed E-state index contributed by atoms with van der Waals surface area (Å²) in [6, 6.07) is 0. The molecular formula is C14H24N4. The lowest BCUT2D eigenvalue weighted by Gasteiger charge is -2.35. The molecule has 0 aliphatic carbocycles. The van der Waals surface area contributed by atoms with Crippen LogP contribution in [0.3, 0.4) is 0 Å². The molecule has 4 heteroatoms. The largest absolute Gasteiger partial charge is 0.357 e. The van der Waals surface area contributed by atoms with E-state index in [9.17, 15) is 0 Å². The molecule has 0 radical (unpaired) electrons. The number of aromatic nitrogens is 2. The van der Waals surface area contributed by atoms with Gasteiger partial charge < -0.3 is 10.2 Å². The van der Waals surface area contributed by atoms with E-state index in [4.69, 9.17) is 0 Å². The number of anilines is 2. The third-order valence-corrected chi connectivity index (χ3v) is 3.95. The van der Waals surface area contributed by atoms with Crippen LogP contribution < -0.4 is 10.2 Å². The minimum absolute atomic E-state index is 0.710. The highest BCUT2D eigenvalue weighted by Gasteiger charge is 2.23. The molecule has 2 heterocycles. The van der Waals surface area contributed by atoms with Crippen molar-refractivity contribution in [2.24, 2.45) is 11.8 Å². The first kappa shape index (κ1) is 13.1. The lowest BCUT2D eigenvalue weighted by Crippen LogP contribution is -2.36. The van der Waals surface area contributed by atoms with Crippen LogP contribution in [0.25, 0.3) is 0 Å². The van der Waals surface area contributed by atoms with Gasteiger partial charge in [0.15, 0.2) is 0 Å². The summed E-state index contributed by atoms with van der Waals surface area (Å²) in [5.41, 5.74) is 1.16. The maximum absolute atomic E-state index is 4.59. The van der Waals surface area contributed by atoms with E-state index < -0.39 is 0 Å². The fourth-order valence-corrected chi connectivity index (χ4v) is 2.65. The number of hydrogen-bond donors (Lipinski definition) is 1. The Hall–Kier alpha value is -1.32. The van der Waals surface area contributed by atoms with Crippen molar-refractivity contribution in [1.82, 2.24) is 9.97 Å². The molecule has 100 valence electrons. The predicted molar refractivity (Wildman–Crippen MR) is 76.1 cm³/mol. The number of piperidine rings is 1. The van der Waals surface area contributed by atoms with Gasteiger partial charge in [-0.2, -0.15) is 4.98 Å². The van der Waals surface area contributed by atoms with Gasteiger partial charge in [-0.3, -0.25) is 0 Å². The Bertz CT molecular complexity index is 395. The van der Waals surface area contributed by atoms with E-state index in [0.29, 0.717) is 5.95 Å². The maximum Gasteiger partial charge on any atom is 0.224 e. The highest BCUT2D eigenvalue weighted by Crippen LogP contribution is 2.28. The van der Waals surface area contributed by atoms with E-state index in [1.165, 1.54) is 12.8 Å². The van der Waals surface area contributed by atoms with E-state index in [-0.39, 0.29) is 0 Å². The molecule has 1 saturated heterocycles. The maximum atomic E-state index is 4.59. The monoisotopic (exact) mass is 248 g/mol. The Labute approximate surface area is 110 Å². The van der Waals surface area contributed by atoms with Crippen molar-refractivity contribution >= 4 is 11.8 Å². The lowest BCUT2D eigenvalue weighted by molar-refractivity contribution is 0.310. The fraction of sp³-hybridized carbons (Fsp3) is 0.714. The van der Waals surface area contributed by atoms with Crippen LogP contribution in [0.2, 0.25) is 0 Å². The fourth-order valence-electron chi connectivity index (χ4n) is 2.65. The molecule has 0 atom stereocenters. The number of nitrogens with one attached hydrogen (secondary N) is 1. The highest BCUT2D eigenvalue weighted by atomic mass is 15.2. The number of rotatable bonds is 3. The zero-order valence-electron chi connectivity index (χ0n) is 11.9. The second kappa shape index (κ2) is 5.55. The minimum Gasteiger partial charge on any atom is -0.357 e. The molecule has 0 spiro atoms. The van der Waals surface area contributed by atoms with Gasteiger partial charge >= 0.3 is 0 Å². The molecule has 2 rings (SSSR count). The quantitative estimate of drug-likeness (QED) is 0.893. The van der Waals surface area contributed by atoms with Crippen LogP contribution in [0.4, 0.5) is 11.8 Å². The van der Waals surface area contributed by atoms with Crippen molar-refractivity contribution in [3.63, 3.8) is 0 Å². The van der Waals surface area contributed by atoms with Crippen molar-refractivity contribution in [2.45, 2.75) is 33.6 Å². The summed E-state index contributed by atoms with van der Waals surface area (Å²) in [6.07, 6.45) is 4.45. The van der Waals surface area contributed by atoms with Crippen LogP contribution in [-0.2, 0) is 0 Å². The minimum atomic E-state index is 0.710. The number of aryl methyl sites for hydroxylation is 1. The van der Waals surface area contributed by atoms with Crippen LogP contribution in [0.5, 0.6) is 0 Å². The van der Waals surface area contributed by atoms with Gasteiger partial charge in [-0.15, -0.1) is 0 Å². The summed E-state index contributed by atoms with van der Waals surface area (Å²) in [4.78, 5) is 11.2. The van der Waals surface area contributed by atoms with E-state index in [1.54, 1.807) is 0 Å². The molecular weight excluding hydrogens is 224 g/mol. The molecule has 18 heavy (non-hydrogen) atoms. The van der Waals surface area contributed by atoms with Crippen LogP contribution in [0.1, 0.15) is 32.3 Å². The Balaban J connectivity index is 2.09. The molecule has 1 aliphatic heterocycles. The second-order valence-electron chi connectivity index (χ2n) is 5.52. The standard InChI is InChI=1S/C14H24N4/c1-10(2)12-5-7-18(8-6-12)13-11(3)9-16-14(15-4)17-13/h9-10,12H,5-8H2,1-4H3,(H,15,16,17). The van der Waals surface area contributed by atoms with Gasteiger partial charge in [-0.1, -0.05) is 13.8 Å². The Kier molecular flexibility index (Phi) is 4.04. The number of nitrogens with zero attached hydrogens (tertiary/aromatic N) is 3. The summed E-state index contributed by atoms with van der Waals surface area (Å²) in [7, 11) is 1.86. The van der Waals surface area contributed by atoms with Crippen LogP contribution >= 0.6 is 0 Å². The smallest absolute Gasteiger partial charge is 0.224 e. The second-order valence-corrected chi connectivity index (χ2v) is 5.52. The van der Waals surface area contributed by atoms with E-state index >= 15 is 0 Å². The topological polar surface area (TPSA) is 41.1 Å². The molecule has 1 N–H and O–H groups in total. The van der Waals surface area contributed by atoms with Gasteiger partial charge in [0.25, 0.3) is 0 Å². The average Bonchev–Trinajstić information content (AvgIpc) is 2.39. The average molecular weight is 248 g/mol. The summed E-state index contributed by atoms with van der Waals surface area (Å²) >= 11 is 0. The van der Waals surface area contributed by atoms with Crippen molar-refractivity contribution in [1.29, 1.82) is 0 Å². The molecule has 0 bridgehead atoms. The van der Waals surface area contributed by atoms with Gasteiger partial charge in [0, 0.05) is 31.9 Å². The molecule has 0 unspecified atom stereocenters. The first-order valence-corrected chi connectivity index (χ1v) is 6.88. The van der Waals surface area contributed by atoms with Gasteiger partial charge in [0.1, 0.15) is 5.82 Å². The van der Waals surface area contributed by atoms with Gasteiger partial charge in [0.2, 0.25) is 5.95 Å². The van der Waals surface area contributed by atoms with Crippen LogP contribution in [-0.4, -0.2) is 30.1 Å². The first-order valence-electron chi connectivity index (χ1n) is 6.88. The van der Waals surface area contributed by atoms with Gasteiger partial charge in [0.05, 0.1) is 0 Å². The molecule has 1 aromatic rings. The zero-order chi connectivity index (χ0) is 13.1. The molecule has 4 nitrogen and oxygen atoms in total. The van der Waals surface area contributed by atoms with Crippen LogP contribution in [0.15, 0.2) is 6.20 Å². The summed E-state index contributed by atoms with van der Waals surface area (Å²) in [5.74, 6) is 3.47. The van der Waals surface area contributed by atoms with Crippen molar-refractivity contribution in [2.75, 3.05) is 30.4 Å². The highest BCUT2D eigenvalue weighted by molar-refractivity contribution is 5.49. The third-order valence-electron chi connectivity index (χ3n) is 3.95. The van der Waals surface area contributed by atoms with Crippen molar-refractivity contribution in [3.05, 3.63) is 11.8 Å². The summed E-state index contributed by atoms with van der Waals surface area (Å²) < 4.78 is 0. The summed E-state index contributed by atoms with van der Waals surface area (Å²) in [6.45, 7) is 8.97. The molecule has 0 amide bonds. The SMILES string of the molecule is CNc1ncc(C)c(N2CCC(C(C)C)CC2)n1. The first-order chi connectivity index (χ1) is 8.61. The summed E-state index contributed by atoms with van der Waals surface area (Å²) in [5, 5.41) is 3.01. The predicted octanol–water partition coefficient (Wildman–Crippen LogP) is 2.70. The Morgan fingerprint density at radius 3 is 2.56 bits per heavy atom. The van der Waals surface area contributed by atoms with E-state index in [1.807, 2.05) is 13.2 Å². The van der Waals surface area contributed by atoms with Crippen molar-refractivity contribution < 1.29 is 0 Å². The Morgan fingerprint density at radius 2 is 2.00 bits per heavy atom.